The van der Waals surface area contributed by atoms with Gasteiger partial charge in [-0.1, -0.05) is 52.0 Å². The molecule has 0 radical (unpaired) electrons. The Morgan fingerprint density at radius 2 is 1.42 bits per heavy atom. The topological polar surface area (TPSA) is 26.0 Å². The normalized spacial score (nSPS) is 11.7. The van der Waals surface area contributed by atoms with Crippen molar-refractivity contribution in [3.8, 4) is 0 Å². The lowest BCUT2D eigenvalue weighted by atomic mass is 9.95. The van der Waals surface area contributed by atoms with Crippen LogP contribution in [0.4, 0.5) is 5.69 Å². The molecule has 0 bridgehead atoms. The van der Waals surface area contributed by atoms with Crippen LogP contribution in [0.1, 0.15) is 38.8 Å². The van der Waals surface area contributed by atoms with Gasteiger partial charge in [0.25, 0.3) is 0 Å². The van der Waals surface area contributed by atoms with E-state index in [4.69, 9.17) is 5.73 Å². The molecule has 2 N–H and O–H groups in total. The number of nitrogen functional groups attached to an aromatic ring is 1. The molecule has 0 amide bonds. The van der Waals surface area contributed by atoms with Crippen LogP contribution in [0, 0.1) is 11.8 Å². The Kier molecular flexibility index (Phi) is 4.14. The first-order chi connectivity index (χ1) is 8.95. The molecule has 2 aromatic rings. The maximum absolute atomic E-state index is 6.18. The summed E-state index contributed by atoms with van der Waals surface area (Å²) >= 11 is 0. The molecule has 2 aromatic carbocycles. The van der Waals surface area contributed by atoms with Crippen LogP contribution in [0.15, 0.2) is 30.3 Å². The van der Waals surface area contributed by atoms with Crippen molar-refractivity contribution in [1.82, 2.24) is 0 Å². The Bertz CT molecular complexity index is 562. The van der Waals surface area contributed by atoms with E-state index in [1.54, 1.807) is 0 Å². The molecule has 0 spiro atoms. The summed E-state index contributed by atoms with van der Waals surface area (Å²) in [5, 5.41) is 2.47. The molecular formula is C18H25N. The minimum Gasteiger partial charge on any atom is -0.398 e. The van der Waals surface area contributed by atoms with Gasteiger partial charge >= 0.3 is 0 Å². The van der Waals surface area contributed by atoms with E-state index >= 15 is 0 Å². The second kappa shape index (κ2) is 5.64. The molecule has 0 aromatic heterocycles. The van der Waals surface area contributed by atoms with Gasteiger partial charge in [0, 0.05) is 11.1 Å². The first-order valence-electron chi connectivity index (χ1n) is 7.26. The molecule has 0 saturated carbocycles. The summed E-state index contributed by atoms with van der Waals surface area (Å²) in [7, 11) is 0. The Morgan fingerprint density at radius 1 is 0.842 bits per heavy atom. The highest BCUT2D eigenvalue weighted by atomic mass is 14.5. The number of fused-ring (bicyclic) bond motifs is 1. The molecule has 0 unspecified atom stereocenters. The predicted molar refractivity (Wildman–Crippen MR) is 85.4 cm³/mol. The van der Waals surface area contributed by atoms with Gasteiger partial charge in [-0.05, 0) is 47.3 Å². The molecule has 1 nitrogen and oxygen atoms in total. The fourth-order valence-electron chi connectivity index (χ4n) is 2.70. The summed E-state index contributed by atoms with van der Waals surface area (Å²) in [4.78, 5) is 0. The number of anilines is 1. The summed E-state index contributed by atoms with van der Waals surface area (Å²) in [6.45, 7) is 9.01. The van der Waals surface area contributed by atoms with E-state index in [0.717, 1.165) is 18.5 Å². The smallest absolute Gasteiger partial charge is 0.0396 e. The lowest BCUT2D eigenvalue weighted by Crippen LogP contribution is -1.98. The summed E-state index contributed by atoms with van der Waals surface area (Å²) < 4.78 is 0. The van der Waals surface area contributed by atoms with E-state index < -0.39 is 0 Å². The lowest BCUT2D eigenvalue weighted by molar-refractivity contribution is 0.647. The maximum Gasteiger partial charge on any atom is 0.0396 e. The molecule has 0 aliphatic rings. The standard InChI is InChI=1S/C18H25N/c1-12(2)7-14-5-6-17-16(9-14)10-15(8-13(3)4)11-18(17)19/h5-6,9-13H,7-8,19H2,1-4H3. The average Bonchev–Trinajstić information content (AvgIpc) is 2.26. The second-order valence-electron chi connectivity index (χ2n) is 6.44. The van der Waals surface area contributed by atoms with Gasteiger partial charge in [0.1, 0.15) is 0 Å². The number of benzene rings is 2. The monoisotopic (exact) mass is 255 g/mol. The quantitative estimate of drug-likeness (QED) is 0.779. The number of hydrogen-bond donors (Lipinski definition) is 1. The van der Waals surface area contributed by atoms with Crippen LogP contribution in [0.5, 0.6) is 0 Å². The summed E-state index contributed by atoms with van der Waals surface area (Å²) in [5.74, 6) is 1.35. The average molecular weight is 255 g/mol. The summed E-state index contributed by atoms with van der Waals surface area (Å²) in [6, 6.07) is 11.1. The Morgan fingerprint density at radius 3 is 2.05 bits per heavy atom. The largest absolute Gasteiger partial charge is 0.398 e. The minimum absolute atomic E-state index is 0.663. The maximum atomic E-state index is 6.18. The van der Waals surface area contributed by atoms with Gasteiger partial charge in [0.15, 0.2) is 0 Å². The van der Waals surface area contributed by atoms with E-state index in [9.17, 15) is 0 Å². The SMILES string of the molecule is CC(C)Cc1ccc2c(N)cc(CC(C)C)cc2c1. The summed E-state index contributed by atoms with van der Waals surface area (Å²) in [6.07, 6.45) is 2.22. The van der Waals surface area contributed by atoms with Crippen molar-refractivity contribution in [2.24, 2.45) is 11.8 Å². The molecule has 0 aliphatic carbocycles. The molecular weight excluding hydrogens is 230 g/mol. The minimum atomic E-state index is 0.663. The molecule has 0 aliphatic heterocycles. The van der Waals surface area contributed by atoms with E-state index in [0.29, 0.717) is 11.8 Å². The predicted octanol–water partition coefficient (Wildman–Crippen LogP) is 4.82. The summed E-state index contributed by atoms with van der Waals surface area (Å²) in [5.41, 5.74) is 9.85. The zero-order chi connectivity index (χ0) is 14.0. The van der Waals surface area contributed by atoms with Crippen LogP contribution in [0.3, 0.4) is 0 Å². The van der Waals surface area contributed by atoms with E-state index in [1.165, 1.54) is 21.9 Å². The molecule has 0 atom stereocenters. The van der Waals surface area contributed by atoms with Crippen LogP contribution >= 0.6 is 0 Å². The Hall–Kier alpha value is -1.50. The van der Waals surface area contributed by atoms with E-state index in [2.05, 4.69) is 58.0 Å². The molecule has 19 heavy (non-hydrogen) atoms. The van der Waals surface area contributed by atoms with Crippen LogP contribution in [0.2, 0.25) is 0 Å². The zero-order valence-electron chi connectivity index (χ0n) is 12.5. The Labute approximate surface area is 116 Å². The van der Waals surface area contributed by atoms with Gasteiger partial charge in [0.05, 0.1) is 0 Å². The van der Waals surface area contributed by atoms with Gasteiger partial charge < -0.3 is 5.73 Å². The highest BCUT2D eigenvalue weighted by Gasteiger charge is 2.05. The van der Waals surface area contributed by atoms with Crippen molar-refractivity contribution in [3.63, 3.8) is 0 Å². The van der Waals surface area contributed by atoms with Crippen molar-refractivity contribution in [3.05, 3.63) is 41.5 Å². The molecule has 0 saturated heterocycles. The van der Waals surface area contributed by atoms with Crippen LogP contribution in [-0.4, -0.2) is 0 Å². The number of hydrogen-bond acceptors (Lipinski definition) is 1. The van der Waals surface area contributed by atoms with Gasteiger partial charge in [0.2, 0.25) is 0 Å². The van der Waals surface area contributed by atoms with Crippen LogP contribution in [0.25, 0.3) is 10.8 Å². The van der Waals surface area contributed by atoms with Gasteiger partial charge in [-0.2, -0.15) is 0 Å². The third-order valence-electron chi connectivity index (χ3n) is 3.40. The number of nitrogens with two attached hydrogens (primary N) is 1. The van der Waals surface area contributed by atoms with E-state index in [1.807, 2.05) is 0 Å². The molecule has 102 valence electrons. The molecule has 0 fully saturated rings. The van der Waals surface area contributed by atoms with Crippen LogP contribution in [-0.2, 0) is 12.8 Å². The van der Waals surface area contributed by atoms with Gasteiger partial charge in [-0.3, -0.25) is 0 Å². The first kappa shape index (κ1) is 13.9. The molecule has 2 rings (SSSR count). The lowest BCUT2D eigenvalue weighted by Gasteiger charge is -2.11. The third-order valence-corrected chi connectivity index (χ3v) is 3.40. The van der Waals surface area contributed by atoms with Crippen molar-refractivity contribution in [2.75, 3.05) is 5.73 Å². The van der Waals surface area contributed by atoms with Crippen molar-refractivity contribution in [1.29, 1.82) is 0 Å². The van der Waals surface area contributed by atoms with Gasteiger partial charge in [-0.15, -0.1) is 0 Å². The van der Waals surface area contributed by atoms with Crippen molar-refractivity contribution >= 4 is 16.5 Å². The number of rotatable bonds is 4. The highest BCUT2D eigenvalue weighted by molar-refractivity contribution is 5.94. The molecule has 1 heteroatoms. The van der Waals surface area contributed by atoms with Crippen molar-refractivity contribution in [2.45, 2.75) is 40.5 Å². The molecule has 0 heterocycles. The Balaban J connectivity index is 2.44. The van der Waals surface area contributed by atoms with Gasteiger partial charge in [-0.25, -0.2) is 0 Å². The van der Waals surface area contributed by atoms with Crippen LogP contribution < -0.4 is 5.73 Å². The first-order valence-corrected chi connectivity index (χ1v) is 7.26. The zero-order valence-corrected chi connectivity index (χ0v) is 12.5. The second-order valence-corrected chi connectivity index (χ2v) is 6.44. The fourth-order valence-corrected chi connectivity index (χ4v) is 2.70. The van der Waals surface area contributed by atoms with Crippen molar-refractivity contribution < 1.29 is 0 Å². The third kappa shape index (κ3) is 3.50. The fraction of sp³-hybridized carbons (Fsp3) is 0.444. The van der Waals surface area contributed by atoms with E-state index in [-0.39, 0.29) is 0 Å². The highest BCUT2D eigenvalue weighted by Crippen LogP contribution is 2.26.